The fraction of sp³-hybridized carbons (Fsp3) is 0.200. The molecule has 5 heteroatoms. The van der Waals surface area contributed by atoms with Gasteiger partial charge in [-0.15, -0.1) is 11.3 Å². The molecule has 0 aliphatic heterocycles. The molecule has 4 nitrogen and oxygen atoms in total. The van der Waals surface area contributed by atoms with Gasteiger partial charge in [0.1, 0.15) is 10.7 Å². The van der Waals surface area contributed by atoms with Gasteiger partial charge in [-0.05, 0) is 0 Å². The molecule has 1 rings (SSSR count). The van der Waals surface area contributed by atoms with Crippen LogP contribution in [0.25, 0.3) is 0 Å². The van der Waals surface area contributed by atoms with Crippen LogP contribution in [0, 0.1) is 0 Å². The first-order valence-electron chi connectivity index (χ1n) is 2.63. The molecular formula is C5H6N3OS. The molecule has 0 aliphatic carbocycles. The highest BCUT2D eigenvalue weighted by atomic mass is 32.1. The fourth-order valence-corrected chi connectivity index (χ4v) is 1.16. The number of rotatable bonds is 2. The first-order chi connectivity index (χ1) is 4.74. The average molecular weight is 156 g/mol. The number of carbonyl (C=O) groups is 1. The second-order valence-corrected chi connectivity index (χ2v) is 2.61. The van der Waals surface area contributed by atoms with E-state index in [4.69, 9.17) is 11.5 Å². The van der Waals surface area contributed by atoms with Crippen LogP contribution in [0.5, 0.6) is 0 Å². The molecule has 0 fully saturated rings. The molecule has 0 bridgehead atoms. The number of hydrogen-bond acceptors (Lipinski definition) is 3. The lowest BCUT2D eigenvalue weighted by Crippen LogP contribution is -2.11. The Morgan fingerprint density at radius 1 is 1.90 bits per heavy atom. The van der Waals surface area contributed by atoms with Gasteiger partial charge in [-0.1, -0.05) is 0 Å². The van der Waals surface area contributed by atoms with Gasteiger partial charge in [0.15, 0.2) is 0 Å². The van der Waals surface area contributed by atoms with Crippen molar-refractivity contribution in [2.75, 3.05) is 0 Å². The van der Waals surface area contributed by atoms with E-state index in [9.17, 15) is 4.79 Å². The molecule has 1 amide bonds. The van der Waals surface area contributed by atoms with Gasteiger partial charge in [-0.2, -0.15) is 0 Å². The molecule has 0 unspecified atom stereocenters. The van der Waals surface area contributed by atoms with Crippen molar-refractivity contribution in [2.24, 2.45) is 5.73 Å². The molecule has 53 valence electrons. The maximum absolute atomic E-state index is 10.4. The van der Waals surface area contributed by atoms with Crippen LogP contribution < -0.4 is 11.5 Å². The summed E-state index contributed by atoms with van der Waals surface area (Å²) < 4.78 is 0. The molecule has 0 atom stereocenters. The summed E-state index contributed by atoms with van der Waals surface area (Å²) in [7, 11) is 0. The van der Waals surface area contributed by atoms with E-state index in [0.29, 0.717) is 5.01 Å². The molecule has 10 heavy (non-hydrogen) atoms. The van der Waals surface area contributed by atoms with Gasteiger partial charge < -0.3 is 5.73 Å². The summed E-state index contributed by atoms with van der Waals surface area (Å²) in [6.07, 6.45) is 0. The Hall–Kier alpha value is -0.940. The number of aromatic nitrogens is 1. The lowest BCUT2D eigenvalue weighted by molar-refractivity contribution is 0.0996. The van der Waals surface area contributed by atoms with Gasteiger partial charge in [0.25, 0.3) is 5.91 Å². The summed E-state index contributed by atoms with van der Waals surface area (Å²) in [5.41, 5.74) is 12.1. The molecule has 0 saturated heterocycles. The van der Waals surface area contributed by atoms with Crippen LogP contribution >= 0.6 is 11.3 Å². The van der Waals surface area contributed by atoms with E-state index >= 15 is 0 Å². The van der Waals surface area contributed by atoms with Crippen molar-refractivity contribution < 1.29 is 4.79 Å². The number of nitrogens with zero attached hydrogens (tertiary/aromatic N) is 1. The molecule has 0 saturated carbocycles. The first kappa shape index (κ1) is 7.17. The minimum atomic E-state index is -0.532. The van der Waals surface area contributed by atoms with Crippen LogP contribution in [-0.2, 0) is 6.54 Å². The summed E-state index contributed by atoms with van der Waals surface area (Å²) in [4.78, 5) is 14.2. The zero-order valence-electron chi connectivity index (χ0n) is 5.13. The maximum Gasteiger partial charge on any atom is 0.268 e. The standard InChI is InChI=1S/C5H6N3OS/c6-1-4-8-3(2-10-4)5(7)9/h2,6H,1H2,(H2,7,9). The predicted molar refractivity (Wildman–Crippen MR) is 37.4 cm³/mol. The van der Waals surface area contributed by atoms with Gasteiger partial charge in [0, 0.05) is 5.38 Å². The number of amides is 1. The molecule has 0 spiro atoms. The molecule has 1 aromatic rings. The third-order valence-electron chi connectivity index (χ3n) is 0.955. The van der Waals surface area contributed by atoms with E-state index in [2.05, 4.69) is 4.98 Å². The quantitative estimate of drug-likeness (QED) is 0.655. The number of carbonyl (C=O) groups excluding carboxylic acids is 1. The van der Waals surface area contributed by atoms with E-state index < -0.39 is 5.91 Å². The monoisotopic (exact) mass is 156 g/mol. The van der Waals surface area contributed by atoms with Gasteiger partial charge >= 0.3 is 0 Å². The lowest BCUT2D eigenvalue weighted by atomic mass is 10.5. The zero-order valence-corrected chi connectivity index (χ0v) is 5.94. The summed E-state index contributed by atoms with van der Waals surface area (Å²) in [5, 5.41) is 2.18. The van der Waals surface area contributed by atoms with E-state index in [-0.39, 0.29) is 12.2 Å². The van der Waals surface area contributed by atoms with Crippen LogP contribution in [-0.4, -0.2) is 10.9 Å². The fourth-order valence-electron chi connectivity index (χ4n) is 0.505. The second-order valence-electron chi connectivity index (χ2n) is 1.67. The van der Waals surface area contributed by atoms with Crippen molar-refractivity contribution in [1.29, 1.82) is 0 Å². The second kappa shape index (κ2) is 2.76. The minimum absolute atomic E-state index is 0.109. The van der Waals surface area contributed by atoms with E-state index in [1.807, 2.05) is 0 Å². The summed E-state index contributed by atoms with van der Waals surface area (Å²) >= 11 is 1.28. The molecular weight excluding hydrogens is 150 g/mol. The number of hydrogen-bond donors (Lipinski definition) is 1. The Kier molecular flexibility index (Phi) is 1.98. The first-order valence-corrected chi connectivity index (χ1v) is 3.51. The van der Waals surface area contributed by atoms with Gasteiger partial charge in [0.2, 0.25) is 0 Å². The van der Waals surface area contributed by atoms with Crippen molar-refractivity contribution in [1.82, 2.24) is 10.7 Å². The van der Waals surface area contributed by atoms with Crippen LogP contribution in [0.4, 0.5) is 0 Å². The van der Waals surface area contributed by atoms with Crippen LogP contribution in [0.15, 0.2) is 5.38 Å². The molecule has 1 aromatic heterocycles. The third kappa shape index (κ3) is 1.31. The van der Waals surface area contributed by atoms with E-state index in [0.717, 1.165) is 0 Å². The Bertz CT molecular complexity index is 245. The molecule has 3 N–H and O–H groups in total. The van der Waals surface area contributed by atoms with Crippen molar-refractivity contribution in [3.8, 4) is 0 Å². The van der Waals surface area contributed by atoms with Crippen molar-refractivity contribution in [3.63, 3.8) is 0 Å². The van der Waals surface area contributed by atoms with E-state index in [1.54, 1.807) is 5.38 Å². The van der Waals surface area contributed by atoms with Crippen molar-refractivity contribution >= 4 is 17.2 Å². The summed E-state index contributed by atoms with van der Waals surface area (Å²) in [5.74, 6) is -0.532. The van der Waals surface area contributed by atoms with Gasteiger partial charge in [-0.3, -0.25) is 10.5 Å². The highest BCUT2D eigenvalue weighted by Gasteiger charge is 2.04. The van der Waals surface area contributed by atoms with Crippen molar-refractivity contribution in [2.45, 2.75) is 6.54 Å². The molecule has 0 aliphatic rings. The molecule has 1 heterocycles. The highest BCUT2D eigenvalue weighted by molar-refractivity contribution is 7.09. The van der Waals surface area contributed by atoms with Crippen molar-refractivity contribution in [3.05, 3.63) is 16.1 Å². The van der Waals surface area contributed by atoms with Crippen LogP contribution in [0.2, 0.25) is 0 Å². The molecule has 1 radical (unpaired) electrons. The molecule has 0 aromatic carbocycles. The van der Waals surface area contributed by atoms with Gasteiger partial charge in [-0.25, -0.2) is 4.98 Å². The Morgan fingerprint density at radius 2 is 2.60 bits per heavy atom. The maximum atomic E-state index is 10.4. The number of nitrogens with one attached hydrogen (secondary N) is 1. The zero-order chi connectivity index (χ0) is 7.56. The number of thiazole rings is 1. The smallest absolute Gasteiger partial charge is 0.268 e. The van der Waals surface area contributed by atoms with E-state index in [1.165, 1.54) is 11.3 Å². The Morgan fingerprint density at radius 3 is 2.90 bits per heavy atom. The topological polar surface area (TPSA) is 79.8 Å². The SMILES string of the molecule is [NH]Cc1nc(C(N)=O)cs1. The normalized spacial score (nSPS) is 9.70. The summed E-state index contributed by atoms with van der Waals surface area (Å²) in [6, 6.07) is 0. The Labute approximate surface area is 61.9 Å². The number of primary amides is 1. The third-order valence-corrected chi connectivity index (χ3v) is 1.80. The lowest BCUT2D eigenvalue weighted by Gasteiger charge is -1.83. The van der Waals surface area contributed by atoms with Crippen LogP contribution in [0.3, 0.4) is 0 Å². The Balaban J connectivity index is 2.88. The minimum Gasteiger partial charge on any atom is -0.364 e. The highest BCUT2D eigenvalue weighted by Crippen LogP contribution is 2.07. The average Bonchev–Trinajstić information content (AvgIpc) is 2.34. The largest absolute Gasteiger partial charge is 0.364 e. The predicted octanol–water partition coefficient (Wildman–Crippen LogP) is 0.0249. The summed E-state index contributed by atoms with van der Waals surface area (Å²) in [6.45, 7) is 0.109. The van der Waals surface area contributed by atoms with Crippen LogP contribution in [0.1, 0.15) is 15.5 Å². The number of nitrogens with two attached hydrogens (primary N) is 1. The van der Waals surface area contributed by atoms with Gasteiger partial charge in [0.05, 0.1) is 6.54 Å².